The maximum atomic E-state index is 13.0. The van der Waals surface area contributed by atoms with Crippen LogP contribution in [0.25, 0.3) is 11.4 Å². The highest BCUT2D eigenvalue weighted by atomic mass is 19.4. The van der Waals surface area contributed by atoms with Gasteiger partial charge in [0.1, 0.15) is 0 Å². The Balaban J connectivity index is 2.33. The Bertz CT molecular complexity index is 909. The smallest absolute Gasteiger partial charge is 0.271 e. The Kier molecular flexibility index (Phi) is 6.23. The van der Waals surface area contributed by atoms with E-state index in [2.05, 4.69) is 25.9 Å². The lowest BCUT2D eigenvalue weighted by molar-refractivity contribution is -0.143. The summed E-state index contributed by atoms with van der Waals surface area (Å²) < 4.78 is 78.0. The third kappa shape index (κ3) is 6.00. The minimum absolute atomic E-state index is 0.00276. The van der Waals surface area contributed by atoms with Crippen LogP contribution in [-0.2, 0) is 17.1 Å². The highest BCUT2D eigenvalue weighted by Crippen LogP contribution is 2.38. The first kappa shape index (κ1) is 23.3. The molecule has 1 atom stereocenters. The second kappa shape index (κ2) is 8.03. The molecule has 1 aromatic carbocycles. The van der Waals surface area contributed by atoms with Gasteiger partial charge in [-0.3, -0.25) is 4.79 Å². The molecule has 1 heterocycles. The van der Waals surface area contributed by atoms with Crippen LogP contribution in [0.4, 0.5) is 26.3 Å². The first-order chi connectivity index (χ1) is 13.6. The van der Waals surface area contributed by atoms with E-state index < -0.39 is 46.8 Å². The highest BCUT2D eigenvalue weighted by Gasteiger charge is 2.37. The number of hydrazone groups is 1. The quantitative estimate of drug-likeness (QED) is 0.445. The molecule has 0 aliphatic rings. The molecule has 0 aliphatic carbocycles. The summed E-state index contributed by atoms with van der Waals surface area (Å²) in [7, 11) is 0. The molecule has 2 aromatic rings. The van der Waals surface area contributed by atoms with Crippen LogP contribution in [0.3, 0.4) is 0 Å². The topological polar surface area (TPSA) is 85.1 Å². The number of nitrogens with zero attached hydrogens (tertiary/aromatic N) is 5. The van der Waals surface area contributed by atoms with E-state index in [1.165, 1.54) is 13.1 Å². The number of halogens is 6. The van der Waals surface area contributed by atoms with Crippen LogP contribution in [0.2, 0.25) is 0 Å². The Labute approximate surface area is 167 Å². The third-order valence-electron chi connectivity index (χ3n) is 3.63. The SMILES string of the molecule is CC(C(=O)NN=CC(C)(C)C)n1nnc(-c2cc(C(F)(F)F)cc(C(F)(F)F)c2)n1. The van der Waals surface area contributed by atoms with Crippen LogP contribution in [0.15, 0.2) is 23.3 Å². The summed E-state index contributed by atoms with van der Waals surface area (Å²) in [5, 5.41) is 14.6. The van der Waals surface area contributed by atoms with Gasteiger partial charge in [0.25, 0.3) is 5.91 Å². The number of hydrogen-bond acceptors (Lipinski definition) is 5. The van der Waals surface area contributed by atoms with Crippen molar-refractivity contribution in [3.63, 3.8) is 0 Å². The number of amides is 1. The number of alkyl halides is 6. The Hall–Kier alpha value is -2.99. The summed E-state index contributed by atoms with van der Waals surface area (Å²) in [5.41, 5.74) is -1.60. The lowest BCUT2D eigenvalue weighted by atomic mass is 9.99. The van der Waals surface area contributed by atoms with E-state index in [1.807, 2.05) is 20.8 Å². The van der Waals surface area contributed by atoms with Crippen LogP contribution in [0, 0.1) is 5.41 Å². The lowest BCUT2D eigenvalue weighted by Gasteiger charge is -2.13. The predicted octanol–water partition coefficient (Wildman–Crippen LogP) is 4.09. The minimum Gasteiger partial charge on any atom is -0.271 e. The average Bonchev–Trinajstić information content (AvgIpc) is 3.08. The molecule has 30 heavy (non-hydrogen) atoms. The van der Waals surface area contributed by atoms with E-state index in [0.29, 0.717) is 12.1 Å². The van der Waals surface area contributed by atoms with Crippen molar-refractivity contribution in [1.29, 1.82) is 0 Å². The van der Waals surface area contributed by atoms with E-state index in [0.717, 1.165) is 4.80 Å². The average molecular weight is 436 g/mol. The van der Waals surface area contributed by atoms with Crippen molar-refractivity contribution in [2.75, 3.05) is 0 Å². The first-order valence-corrected chi connectivity index (χ1v) is 8.51. The molecule has 0 aliphatic heterocycles. The van der Waals surface area contributed by atoms with Crippen molar-refractivity contribution in [2.45, 2.75) is 46.1 Å². The summed E-state index contributed by atoms with van der Waals surface area (Å²) in [5.74, 6) is -1.15. The molecule has 0 spiro atoms. The highest BCUT2D eigenvalue weighted by molar-refractivity contribution is 5.80. The van der Waals surface area contributed by atoms with E-state index >= 15 is 0 Å². The van der Waals surface area contributed by atoms with Crippen LogP contribution in [-0.4, -0.2) is 32.3 Å². The van der Waals surface area contributed by atoms with Gasteiger partial charge in [-0.1, -0.05) is 20.8 Å². The number of rotatable bonds is 4. The molecule has 13 heteroatoms. The molecule has 0 saturated carbocycles. The van der Waals surface area contributed by atoms with Gasteiger partial charge < -0.3 is 0 Å². The van der Waals surface area contributed by atoms with Gasteiger partial charge in [-0.15, -0.1) is 10.2 Å². The van der Waals surface area contributed by atoms with Crippen LogP contribution in [0.1, 0.15) is 44.9 Å². The number of carbonyl (C=O) groups excluding carboxylic acids is 1. The second-order valence-electron chi connectivity index (χ2n) is 7.50. The zero-order valence-corrected chi connectivity index (χ0v) is 16.3. The fourth-order valence-corrected chi connectivity index (χ4v) is 2.08. The van der Waals surface area contributed by atoms with Gasteiger partial charge in [-0.25, -0.2) is 5.43 Å². The summed E-state index contributed by atoms with van der Waals surface area (Å²) >= 11 is 0. The fraction of sp³-hybridized carbons (Fsp3) is 0.471. The Morgan fingerprint density at radius 1 is 1.07 bits per heavy atom. The molecule has 1 unspecified atom stereocenters. The van der Waals surface area contributed by atoms with E-state index in [-0.39, 0.29) is 11.5 Å². The predicted molar refractivity (Wildman–Crippen MR) is 94.1 cm³/mol. The molecule has 7 nitrogen and oxygen atoms in total. The summed E-state index contributed by atoms with van der Waals surface area (Å²) in [6.45, 7) is 6.91. The van der Waals surface area contributed by atoms with Crippen molar-refractivity contribution in [2.24, 2.45) is 10.5 Å². The molecule has 0 saturated heterocycles. The normalized spacial score (nSPS) is 14.2. The van der Waals surface area contributed by atoms with Crippen molar-refractivity contribution in [1.82, 2.24) is 25.6 Å². The molecule has 164 valence electrons. The van der Waals surface area contributed by atoms with Gasteiger partial charge in [-0.05, 0) is 35.8 Å². The summed E-state index contributed by atoms with van der Waals surface area (Å²) in [4.78, 5) is 12.9. The molecule has 0 bridgehead atoms. The van der Waals surface area contributed by atoms with Crippen molar-refractivity contribution in [3.8, 4) is 11.4 Å². The Morgan fingerprint density at radius 2 is 1.60 bits per heavy atom. The molecule has 0 radical (unpaired) electrons. The third-order valence-corrected chi connectivity index (χ3v) is 3.63. The zero-order chi connectivity index (χ0) is 22.9. The molecule has 1 N–H and O–H groups in total. The van der Waals surface area contributed by atoms with Crippen molar-refractivity contribution >= 4 is 12.1 Å². The Morgan fingerprint density at radius 3 is 2.07 bits per heavy atom. The maximum Gasteiger partial charge on any atom is 0.416 e. The molecular weight excluding hydrogens is 418 g/mol. The van der Waals surface area contributed by atoms with Gasteiger partial charge in [0.15, 0.2) is 6.04 Å². The van der Waals surface area contributed by atoms with Gasteiger partial charge in [0.2, 0.25) is 5.82 Å². The van der Waals surface area contributed by atoms with Crippen LogP contribution in [0.5, 0.6) is 0 Å². The van der Waals surface area contributed by atoms with Gasteiger partial charge >= 0.3 is 12.4 Å². The number of carbonyl (C=O) groups is 1. The monoisotopic (exact) mass is 436 g/mol. The van der Waals surface area contributed by atoms with Crippen LogP contribution >= 0.6 is 0 Å². The largest absolute Gasteiger partial charge is 0.416 e. The van der Waals surface area contributed by atoms with E-state index in [1.54, 1.807) is 0 Å². The molecule has 1 amide bonds. The van der Waals surface area contributed by atoms with Gasteiger partial charge in [0.05, 0.1) is 11.1 Å². The van der Waals surface area contributed by atoms with Gasteiger partial charge in [0, 0.05) is 11.8 Å². The fourth-order valence-electron chi connectivity index (χ4n) is 2.08. The lowest BCUT2D eigenvalue weighted by Crippen LogP contribution is -2.29. The number of nitrogens with one attached hydrogen (secondary N) is 1. The molecule has 0 fully saturated rings. The molecular formula is C17H18F6N6O. The second-order valence-corrected chi connectivity index (χ2v) is 7.50. The van der Waals surface area contributed by atoms with E-state index in [9.17, 15) is 31.1 Å². The number of hydrogen-bond donors (Lipinski definition) is 1. The van der Waals surface area contributed by atoms with Gasteiger partial charge in [-0.2, -0.15) is 36.2 Å². The van der Waals surface area contributed by atoms with E-state index in [4.69, 9.17) is 0 Å². The maximum absolute atomic E-state index is 13.0. The minimum atomic E-state index is -5.01. The zero-order valence-electron chi connectivity index (χ0n) is 16.3. The van der Waals surface area contributed by atoms with Crippen LogP contribution < -0.4 is 5.43 Å². The molecule has 1 aromatic heterocycles. The molecule has 2 rings (SSSR count). The number of aromatic nitrogens is 4. The van der Waals surface area contributed by atoms with Crippen molar-refractivity contribution < 1.29 is 31.1 Å². The summed E-state index contributed by atoms with van der Waals surface area (Å²) in [6, 6.07) is -0.113. The van der Waals surface area contributed by atoms with Crippen molar-refractivity contribution in [3.05, 3.63) is 29.3 Å². The number of benzene rings is 1. The summed E-state index contributed by atoms with van der Waals surface area (Å²) in [6.07, 6.45) is -8.53. The number of tetrazole rings is 1. The first-order valence-electron chi connectivity index (χ1n) is 8.51. The standard InChI is InChI=1S/C17H18F6N6O/c1-9(14(30)26-24-8-15(2,3)4)29-27-13(25-28-29)10-5-11(16(18,19)20)7-12(6-10)17(21,22)23/h5-9H,1-4H3,(H,26,30).